The fourth-order valence-electron chi connectivity index (χ4n) is 1.92. The van der Waals surface area contributed by atoms with Gasteiger partial charge in [-0.1, -0.05) is 20.3 Å². The van der Waals surface area contributed by atoms with E-state index in [4.69, 9.17) is 10.5 Å². The zero-order valence-electron chi connectivity index (χ0n) is 12.7. The number of carbonyl (C=O) groups is 2. The Morgan fingerprint density at radius 1 is 1.19 bits per heavy atom. The number of amides is 1. The van der Waals surface area contributed by atoms with Gasteiger partial charge in [-0.2, -0.15) is 0 Å². The summed E-state index contributed by atoms with van der Waals surface area (Å²) in [7, 11) is 0. The van der Waals surface area contributed by atoms with Crippen LogP contribution in [-0.2, 0) is 9.53 Å². The summed E-state index contributed by atoms with van der Waals surface area (Å²) < 4.78 is 5.04. The Bertz CT molecular complexity index is 457. The van der Waals surface area contributed by atoms with Gasteiger partial charge in [-0.05, 0) is 37.1 Å². The van der Waals surface area contributed by atoms with E-state index in [1.54, 1.807) is 24.3 Å². The highest BCUT2D eigenvalue weighted by Gasteiger charge is 2.16. The SMILES string of the molecule is CCCOC(=O)c1ccc(NC(=O)C(CN)CCC)cc1. The van der Waals surface area contributed by atoms with Gasteiger partial charge in [0.05, 0.1) is 18.1 Å². The van der Waals surface area contributed by atoms with E-state index in [2.05, 4.69) is 5.32 Å². The molecule has 0 saturated carbocycles. The normalized spacial score (nSPS) is 11.8. The Kier molecular flexibility index (Phi) is 7.46. The van der Waals surface area contributed by atoms with E-state index in [1.165, 1.54) is 0 Å². The molecule has 0 heterocycles. The summed E-state index contributed by atoms with van der Waals surface area (Å²) in [6.45, 7) is 4.70. The predicted octanol–water partition coefficient (Wildman–Crippen LogP) is 2.57. The van der Waals surface area contributed by atoms with E-state index in [-0.39, 0.29) is 17.8 Å². The van der Waals surface area contributed by atoms with Gasteiger partial charge in [0.2, 0.25) is 5.91 Å². The second-order valence-electron chi connectivity index (χ2n) is 4.92. The van der Waals surface area contributed by atoms with E-state index < -0.39 is 0 Å². The van der Waals surface area contributed by atoms with Crippen LogP contribution in [0.5, 0.6) is 0 Å². The molecule has 0 aliphatic carbocycles. The number of nitrogens with one attached hydrogen (secondary N) is 1. The molecule has 0 bridgehead atoms. The molecule has 1 aromatic carbocycles. The Labute approximate surface area is 125 Å². The van der Waals surface area contributed by atoms with Gasteiger partial charge in [0.15, 0.2) is 0 Å². The fraction of sp³-hybridized carbons (Fsp3) is 0.500. The van der Waals surface area contributed by atoms with Gasteiger partial charge >= 0.3 is 5.97 Å². The minimum atomic E-state index is -0.347. The largest absolute Gasteiger partial charge is 0.462 e. The van der Waals surface area contributed by atoms with Gasteiger partial charge in [0.1, 0.15) is 0 Å². The number of nitrogens with two attached hydrogens (primary N) is 1. The van der Waals surface area contributed by atoms with Crippen LogP contribution in [0.4, 0.5) is 5.69 Å². The van der Waals surface area contributed by atoms with Gasteiger partial charge in [-0.25, -0.2) is 4.79 Å². The molecule has 1 unspecified atom stereocenters. The van der Waals surface area contributed by atoms with E-state index in [0.717, 1.165) is 19.3 Å². The maximum atomic E-state index is 12.0. The molecule has 1 aromatic rings. The van der Waals surface area contributed by atoms with E-state index in [9.17, 15) is 9.59 Å². The minimum absolute atomic E-state index is 0.0827. The molecule has 0 aromatic heterocycles. The van der Waals surface area contributed by atoms with Crippen molar-refractivity contribution < 1.29 is 14.3 Å². The third-order valence-corrected chi connectivity index (χ3v) is 3.12. The zero-order chi connectivity index (χ0) is 15.7. The summed E-state index contributed by atoms with van der Waals surface area (Å²) in [5.41, 5.74) is 6.73. The van der Waals surface area contributed by atoms with Gasteiger partial charge in [0, 0.05) is 12.2 Å². The van der Waals surface area contributed by atoms with Gasteiger partial charge in [0.25, 0.3) is 0 Å². The van der Waals surface area contributed by atoms with Gasteiger partial charge in [-0.15, -0.1) is 0 Å². The molecule has 0 fully saturated rings. The molecule has 116 valence electrons. The molecule has 5 heteroatoms. The quantitative estimate of drug-likeness (QED) is 0.721. The number of hydrogen-bond donors (Lipinski definition) is 2. The van der Waals surface area contributed by atoms with Gasteiger partial charge < -0.3 is 15.8 Å². The average Bonchev–Trinajstić information content (AvgIpc) is 2.50. The molecule has 0 saturated heterocycles. The topological polar surface area (TPSA) is 81.4 Å². The first-order valence-electron chi connectivity index (χ1n) is 7.40. The highest BCUT2D eigenvalue weighted by atomic mass is 16.5. The van der Waals surface area contributed by atoms with Crippen LogP contribution in [-0.4, -0.2) is 25.0 Å². The van der Waals surface area contributed by atoms with E-state index >= 15 is 0 Å². The third-order valence-electron chi connectivity index (χ3n) is 3.12. The van der Waals surface area contributed by atoms with Crippen LogP contribution in [0.3, 0.4) is 0 Å². The molecule has 0 radical (unpaired) electrons. The van der Waals surface area contributed by atoms with Crippen LogP contribution in [0.25, 0.3) is 0 Å². The lowest BCUT2D eigenvalue weighted by molar-refractivity contribution is -0.119. The van der Waals surface area contributed by atoms with Crippen LogP contribution in [0, 0.1) is 5.92 Å². The molecule has 21 heavy (non-hydrogen) atoms. The van der Waals surface area contributed by atoms with Gasteiger partial charge in [-0.3, -0.25) is 4.79 Å². The number of esters is 1. The average molecular weight is 292 g/mol. The zero-order valence-corrected chi connectivity index (χ0v) is 12.7. The van der Waals surface area contributed by atoms with Crippen molar-refractivity contribution >= 4 is 17.6 Å². The van der Waals surface area contributed by atoms with Crippen LogP contribution in [0.15, 0.2) is 24.3 Å². The van der Waals surface area contributed by atoms with Crippen molar-refractivity contribution in [3.8, 4) is 0 Å². The van der Waals surface area contributed by atoms with Crippen molar-refractivity contribution in [2.24, 2.45) is 11.7 Å². The highest BCUT2D eigenvalue weighted by molar-refractivity contribution is 5.94. The van der Waals surface area contributed by atoms with E-state index in [0.29, 0.717) is 24.4 Å². The summed E-state index contributed by atoms with van der Waals surface area (Å²) in [6, 6.07) is 6.68. The lowest BCUT2D eigenvalue weighted by Crippen LogP contribution is -2.29. The Balaban J connectivity index is 2.61. The van der Waals surface area contributed by atoms with Crippen molar-refractivity contribution in [1.82, 2.24) is 0 Å². The Morgan fingerprint density at radius 2 is 1.86 bits per heavy atom. The number of benzene rings is 1. The minimum Gasteiger partial charge on any atom is -0.462 e. The molecule has 0 aliphatic heterocycles. The number of carbonyl (C=O) groups excluding carboxylic acids is 2. The number of rotatable bonds is 8. The van der Waals surface area contributed by atoms with Crippen LogP contribution in [0.2, 0.25) is 0 Å². The molecule has 0 aliphatic rings. The summed E-state index contributed by atoms with van der Waals surface area (Å²) in [5.74, 6) is -0.606. The first-order chi connectivity index (χ1) is 10.1. The van der Waals surface area contributed by atoms with Crippen molar-refractivity contribution in [1.29, 1.82) is 0 Å². The lowest BCUT2D eigenvalue weighted by Gasteiger charge is -2.14. The van der Waals surface area contributed by atoms with Crippen LogP contribution in [0.1, 0.15) is 43.5 Å². The number of ether oxygens (including phenoxy) is 1. The van der Waals surface area contributed by atoms with Crippen molar-refractivity contribution in [2.45, 2.75) is 33.1 Å². The first kappa shape index (κ1) is 17.2. The number of hydrogen-bond acceptors (Lipinski definition) is 4. The molecule has 1 atom stereocenters. The molecule has 1 rings (SSSR count). The van der Waals surface area contributed by atoms with Crippen molar-refractivity contribution in [2.75, 3.05) is 18.5 Å². The smallest absolute Gasteiger partial charge is 0.338 e. The molecule has 0 spiro atoms. The number of anilines is 1. The Hall–Kier alpha value is -1.88. The molecular formula is C16H24N2O3. The summed E-state index contributed by atoms with van der Waals surface area (Å²) in [5, 5.41) is 2.82. The molecule has 1 amide bonds. The highest BCUT2D eigenvalue weighted by Crippen LogP contribution is 2.13. The lowest BCUT2D eigenvalue weighted by atomic mass is 10.0. The monoisotopic (exact) mass is 292 g/mol. The summed E-state index contributed by atoms with van der Waals surface area (Å²) >= 11 is 0. The fourth-order valence-corrected chi connectivity index (χ4v) is 1.92. The third kappa shape index (κ3) is 5.55. The standard InChI is InChI=1S/C16H24N2O3/c1-3-5-13(11-17)15(19)18-14-8-6-12(7-9-14)16(20)21-10-4-2/h6-9,13H,3-5,10-11,17H2,1-2H3,(H,18,19). The predicted molar refractivity (Wildman–Crippen MR) is 83.1 cm³/mol. The summed E-state index contributed by atoms with van der Waals surface area (Å²) in [6.07, 6.45) is 2.47. The summed E-state index contributed by atoms with van der Waals surface area (Å²) in [4.78, 5) is 23.7. The van der Waals surface area contributed by atoms with Crippen molar-refractivity contribution in [3.63, 3.8) is 0 Å². The maximum Gasteiger partial charge on any atom is 0.338 e. The van der Waals surface area contributed by atoms with E-state index in [1.807, 2.05) is 13.8 Å². The maximum absolute atomic E-state index is 12.0. The van der Waals surface area contributed by atoms with Crippen LogP contribution < -0.4 is 11.1 Å². The Morgan fingerprint density at radius 3 is 2.38 bits per heavy atom. The molecular weight excluding hydrogens is 268 g/mol. The van der Waals surface area contributed by atoms with Crippen LogP contribution >= 0.6 is 0 Å². The second kappa shape index (κ2) is 9.13. The first-order valence-corrected chi connectivity index (χ1v) is 7.40. The second-order valence-corrected chi connectivity index (χ2v) is 4.92. The van der Waals surface area contributed by atoms with Crippen molar-refractivity contribution in [3.05, 3.63) is 29.8 Å². The molecule has 5 nitrogen and oxygen atoms in total. The molecule has 3 N–H and O–H groups in total.